The topological polar surface area (TPSA) is 75.1 Å². The van der Waals surface area contributed by atoms with Gasteiger partial charge >= 0.3 is 0 Å². The molecule has 1 aromatic carbocycles. The third-order valence-electron chi connectivity index (χ3n) is 4.04. The molecule has 2 aromatic heterocycles. The Morgan fingerprint density at radius 3 is 2.43 bits per heavy atom. The number of nitrogens with zero attached hydrogens (tertiary/aromatic N) is 3. The van der Waals surface area contributed by atoms with E-state index in [4.69, 9.17) is 0 Å². The highest BCUT2D eigenvalue weighted by Gasteiger charge is 2.11. The van der Waals surface area contributed by atoms with Crippen molar-refractivity contribution in [3.05, 3.63) is 57.0 Å². The third-order valence-corrected chi connectivity index (χ3v) is 4.04. The second-order valence-electron chi connectivity index (χ2n) is 5.57. The number of aromatic nitrogens is 4. The lowest BCUT2D eigenvalue weighted by Crippen LogP contribution is -2.21. The number of aromatic amines is 1. The van der Waals surface area contributed by atoms with Crippen LogP contribution in [0.15, 0.2) is 29.1 Å². The zero-order valence-electron chi connectivity index (χ0n) is 13.7. The average molecular weight is 311 g/mol. The normalized spacial score (nSPS) is 11.1. The summed E-state index contributed by atoms with van der Waals surface area (Å²) in [4.78, 5) is 21.1. The maximum atomic E-state index is 12.4. The van der Waals surface area contributed by atoms with Crippen LogP contribution >= 0.6 is 0 Å². The van der Waals surface area contributed by atoms with Crippen molar-refractivity contribution in [1.82, 2.24) is 19.6 Å². The number of hydrogen-bond acceptors (Lipinski definition) is 4. The van der Waals surface area contributed by atoms with Crippen LogP contribution in [0, 0.1) is 6.92 Å². The van der Waals surface area contributed by atoms with Crippen LogP contribution in [-0.4, -0.2) is 19.6 Å². The van der Waals surface area contributed by atoms with Gasteiger partial charge in [-0.3, -0.25) is 9.89 Å². The Morgan fingerprint density at radius 1 is 1.09 bits per heavy atom. The standard InChI is InChI=1S/C17H21N5O/c1-4-12-6-8-13(9-7-12)10-18-16-20-17-19-11(3)14(5-2)15(23)22(17)21-16/h6-9H,4-5,10H2,1-3H3,(H2,18,19,20,21). The first-order chi connectivity index (χ1) is 11.1. The largest absolute Gasteiger partial charge is 0.351 e. The molecular weight excluding hydrogens is 290 g/mol. The Morgan fingerprint density at radius 2 is 1.78 bits per heavy atom. The number of benzene rings is 1. The third kappa shape index (κ3) is 2.97. The molecule has 0 saturated heterocycles. The fourth-order valence-corrected chi connectivity index (χ4v) is 2.62. The molecule has 3 rings (SSSR count). The molecule has 0 spiro atoms. The molecule has 0 bridgehead atoms. The summed E-state index contributed by atoms with van der Waals surface area (Å²) in [6.45, 7) is 6.57. The van der Waals surface area contributed by atoms with E-state index in [0.717, 1.165) is 17.7 Å². The second-order valence-corrected chi connectivity index (χ2v) is 5.57. The van der Waals surface area contributed by atoms with Crippen LogP contribution in [0.4, 0.5) is 5.95 Å². The monoisotopic (exact) mass is 311 g/mol. The number of nitrogens with one attached hydrogen (secondary N) is 2. The highest BCUT2D eigenvalue weighted by molar-refractivity contribution is 5.39. The zero-order valence-corrected chi connectivity index (χ0v) is 13.7. The Labute approximate surface area is 134 Å². The van der Waals surface area contributed by atoms with Gasteiger partial charge in [-0.05, 0) is 30.9 Å². The summed E-state index contributed by atoms with van der Waals surface area (Å²) in [5, 5.41) is 6.18. The van der Waals surface area contributed by atoms with Crippen LogP contribution in [0.25, 0.3) is 5.78 Å². The van der Waals surface area contributed by atoms with E-state index in [2.05, 4.69) is 51.6 Å². The molecule has 0 radical (unpaired) electrons. The molecule has 2 heterocycles. The number of fused-ring (bicyclic) bond motifs is 1. The Hall–Kier alpha value is -2.63. The van der Waals surface area contributed by atoms with Crippen LogP contribution in [-0.2, 0) is 19.4 Å². The quantitative estimate of drug-likeness (QED) is 0.759. The van der Waals surface area contributed by atoms with Crippen molar-refractivity contribution in [1.29, 1.82) is 0 Å². The van der Waals surface area contributed by atoms with Gasteiger partial charge in [-0.25, -0.2) is 4.98 Å². The molecule has 0 unspecified atom stereocenters. The van der Waals surface area contributed by atoms with E-state index >= 15 is 0 Å². The lowest BCUT2D eigenvalue weighted by Gasteiger charge is -2.03. The minimum atomic E-state index is -0.0807. The number of rotatable bonds is 5. The van der Waals surface area contributed by atoms with Crippen LogP contribution in [0.3, 0.4) is 0 Å². The Balaban J connectivity index is 1.83. The van der Waals surface area contributed by atoms with Crippen LogP contribution < -0.4 is 10.9 Å². The summed E-state index contributed by atoms with van der Waals surface area (Å²) >= 11 is 0. The van der Waals surface area contributed by atoms with Gasteiger partial charge in [0.2, 0.25) is 5.95 Å². The van der Waals surface area contributed by atoms with Crippen molar-refractivity contribution < 1.29 is 0 Å². The van der Waals surface area contributed by atoms with Crippen molar-refractivity contribution in [2.24, 2.45) is 0 Å². The van der Waals surface area contributed by atoms with E-state index in [1.807, 2.05) is 13.8 Å². The van der Waals surface area contributed by atoms with E-state index in [-0.39, 0.29) is 5.56 Å². The zero-order chi connectivity index (χ0) is 16.4. The summed E-state index contributed by atoms with van der Waals surface area (Å²) in [5.41, 5.74) is 3.85. The van der Waals surface area contributed by atoms with Crippen molar-refractivity contribution >= 4 is 11.7 Å². The van der Waals surface area contributed by atoms with E-state index in [9.17, 15) is 4.79 Å². The first-order valence-corrected chi connectivity index (χ1v) is 7.92. The van der Waals surface area contributed by atoms with Crippen LogP contribution in [0.1, 0.15) is 36.2 Å². The highest BCUT2D eigenvalue weighted by atomic mass is 16.1. The first-order valence-electron chi connectivity index (χ1n) is 7.92. The van der Waals surface area contributed by atoms with E-state index in [0.29, 0.717) is 30.3 Å². The molecule has 6 nitrogen and oxygen atoms in total. The molecule has 120 valence electrons. The van der Waals surface area contributed by atoms with Gasteiger partial charge in [0.05, 0.1) is 5.69 Å². The van der Waals surface area contributed by atoms with Crippen LogP contribution in [0.2, 0.25) is 0 Å². The maximum absolute atomic E-state index is 12.4. The average Bonchev–Trinajstić information content (AvgIpc) is 2.97. The number of hydrogen-bond donors (Lipinski definition) is 2. The van der Waals surface area contributed by atoms with E-state index in [1.54, 1.807) is 0 Å². The predicted octanol–water partition coefficient (Wildman–Crippen LogP) is 2.46. The van der Waals surface area contributed by atoms with Gasteiger partial charge in [0.15, 0.2) is 0 Å². The summed E-state index contributed by atoms with van der Waals surface area (Å²) in [7, 11) is 0. The SMILES string of the molecule is CCc1ccc(CNc2nc3nc(C)c(CC)c(=O)n3[nH]2)cc1. The maximum Gasteiger partial charge on any atom is 0.277 e. The molecule has 0 atom stereocenters. The Kier molecular flexibility index (Phi) is 4.14. The smallest absolute Gasteiger partial charge is 0.277 e. The van der Waals surface area contributed by atoms with Gasteiger partial charge in [-0.1, -0.05) is 38.1 Å². The van der Waals surface area contributed by atoms with Gasteiger partial charge in [-0.15, -0.1) is 0 Å². The minimum absolute atomic E-state index is 0.0807. The van der Waals surface area contributed by atoms with Gasteiger partial charge in [0, 0.05) is 12.1 Å². The Bertz CT molecular complexity index is 876. The van der Waals surface area contributed by atoms with Crippen molar-refractivity contribution in [3.63, 3.8) is 0 Å². The van der Waals surface area contributed by atoms with Gasteiger partial charge in [0.1, 0.15) is 0 Å². The molecule has 0 saturated carbocycles. The van der Waals surface area contributed by atoms with E-state index in [1.165, 1.54) is 10.1 Å². The van der Waals surface area contributed by atoms with Gasteiger partial charge < -0.3 is 5.32 Å². The molecule has 0 aliphatic rings. The summed E-state index contributed by atoms with van der Waals surface area (Å²) < 4.78 is 1.40. The van der Waals surface area contributed by atoms with Gasteiger partial charge in [-0.2, -0.15) is 9.50 Å². The molecule has 6 heteroatoms. The number of anilines is 1. The molecule has 0 amide bonds. The number of aryl methyl sites for hydroxylation is 2. The van der Waals surface area contributed by atoms with E-state index < -0.39 is 0 Å². The number of H-pyrrole nitrogens is 1. The summed E-state index contributed by atoms with van der Waals surface area (Å²) in [5.74, 6) is 0.940. The highest BCUT2D eigenvalue weighted by Crippen LogP contribution is 2.09. The second kappa shape index (κ2) is 6.24. The lowest BCUT2D eigenvalue weighted by atomic mass is 10.1. The molecule has 2 N–H and O–H groups in total. The lowest BCUT2D eigenvalue weighted by molar-refractivity contribution is 0.851. The molecule has 0 aliphatic heterocycles. The minimum Gasteiger partial charge on any atom is -0.351 e. The van der Waals surface area contributed by atoms with Gasteiger partial charge in [0.25, 0.3) is 11.3 Å². The molecule has 0 fully saturated rings. The molecule has 23 heavy (non-hydrogen) atoms. The summed E-state index contributed by atoms with van der Waals surface area (Å²) in [6, 6.07) is 8.44. The molecule has 3 aromatic rings. The molecule has 0 aliphatic carbocycles. The molecular formula is C17H21N5O. The fraction of sp³-hybridized carbons (Fsp3) is 0.353. The van der Waals surface area contributed by atoms with Crippen LogP contribution in [0.5, 0.6) is 0 Å². The van der Waals surface area contributed by atoms with Crippen molar-refractivity contribution in [2.75, 3.05) is 5.32 Å². The van der Waals surface area contributed by atoms with Crippen molar-refractivity contribution in [2.45, 2.75) is 40.2 Å². The predicted molar refractivity (Wildman–Crippen MR) is 90.9 cm³/mol. The summed E-state index contributed by atoms with van der Waals surface area (Å²) in [6.07, 6.45) is 1.69. The van der Waals surface area contributed by atoms with Crippen molar-refractivity contribution in [3.8, 4) is 0 Å². The fourth-order valence-electron chi connectivity index (χ4n) is 2.62. The first kappa shape index (κ1) is 15.3.